The maximum Gasteiger partial charge on any atom is 0.254 e. The minimum atomic E-state index is -0.215. The number of carbonyl (C=O) groups is 3. The summed E-state index contributed by atoms with van der Waals surface area (Å²) in [6.07, 6.45) is 1.24. The van der Waals surface area contributed by atoms with E-state index in [-0.39, 0.29) is 23.8 Å². The fraction of sp³-hybridized carbons (Fsp3) is 0.389. The predicted molar refractivity (Wildman–Crippen MR) is 94.9 cm³/mol. The maximum atomic E-state index is 12.6. The molecule has 1 rings (SSSR count). The molecular weight excluding hydrogens is 306 g/mol. The molecule has 0 radical (unpaired) electrons. The molecule has 0 heterocycles. The minimum Gasteiger partial charge on any atom is -0.355 e. The average molecular weight is 331 g/mol. The van der Waals surface area contributed by atoms with Crippen molar-refractivity contribution in [3.8, 4) is 0 Å². The van der Waals surface area contributed by atoms with Crippen LogP contribution in [0.2, 0.25) is 0 Å². The maximum absolute atomic E-state index is 12.6. The predicted octanol–water partition coefficient (Wildman–Crippen LogP) is 1.82. The molecule has 0 saturated heterocycles. The van der Waals surface area contributed by atoms with Gasteiger partial charge in [-0.2, -0.15) is 0 Å². The third kappa shape index (κ3) is 5.22. The van der Waals surface area contributed by atoms with Crippen molar-refractivity contribution in [2.75, 3.05) is 25.0 Å². The van der Waals surface area contributed by atoms with Crippen LogP contribution < -0.4 is 10.2 Å². The zero-order valence-electron chi connectivity index (χ0n) is 14.7. The van der Waals surface area contributed by atoms with E-state index < -0.39 is 0 Å². The second kappa shape index (κ2) is 8.86. The van der Waals surface area contributed by atoms with Gasteiger partial charge in [0.25, 0.3) is 5.91 Å². The standard InChI is InChI=1S/C18H25N3O3/c1-6-17(23)20(5)16-9-7-15(8-10-16)18(24)21(13(2)3)12-11-19-14(4)22/h6-10,13H,1,11-12H2,2-5H3,(H,19,22). The molecule has 24 heavy (non-hydrogen) atoms. The molecule has 1 aromatic carbocycles. The van der Waals surface area contributed by atoms with E-state index in [2.05, 4.69) is 11.9 Å². The molecule has 0 aromatic heterocycles. The third-order valence-electron chi connectivity index (χ3n) is 3.62. The SMILES string of the molecule is C=CC(=O)N(C)c1ccc(C(=O)N(CCNC(C)=O)C(C)C)cc1. The molecular formula is C18H25N3O3. The normalized spacial score (nSPS) is 10.2. The summed E-state index contributed by atoms with van der Waals surface area (Å²) in [5.74, 6) is -0.446. The second-order valence-electron chi connectivity index (χ2n) is 5.72. The summed E-state index contributed by atoms with van der Waals surface area (Å²) in [5.41, 5.74) is 1.22. The molecule has 0 aliphatic carbocycles. The molecule has 0 unspecified atom stereocenters. The zero-order chi connectivity index (χ0) is 18.3. The van der Waals surface area contributed by atoms with Gasteiger partial charge in [-0.15, -0.1) is 0 Å². The third-order valence-corrected chi connectivity index (χ3v) is 3.62. The van der Waals surface area contributed by atoms with Gasteiger partial charge < -0.3 is 15.1 Å². The Balaban J connectivity index is 2.85. The molecule has 130 valence electrons. The lowest BCUT2D eigenvalue weighted by molar-refractivity contribution is -0.119. The van der Waals surface area contributed by atoms with Crippen LogP contribution in [0.5, 0.6) is 0 Å². The van der Waals surface area contributed by atoms with Gasteiger partial charge >= 0.3 is 0 Å². The molecule has 1 aromatic rings. The quantitative estimate of drug-likeness (QED) is 0.775. The number of carbonyl (C=O) groups excluding carboxylic acids is 3. The first-order chi connectivity index (χ1) is 11.3. The highest BCUT2D eigenvalue weighted by molar-refractivity contribution is 6.01. The molecule has 3 amide bonds. The number of benzene rings is 1. The molecule has 0 saturated carbocycles. The highest BCUT2D eigenvalue weighted by Gasteiger charge is 2.19. The van der Waals surface area contributed by atoms with E-state index in [1.807, 2.05) is 13.8 Å². The van der Waals surface area contributed by atoms with Crippen molar-refractivity contribution in [1.29, 1.82) is 0 Å². The molecule has 6 heteroatoms. The number of nitrogens with zero attached hydrogens (tertiary/aromatic N) is 2. The van der Waals surface area contributed by atoms with Crippen molar-refractivity contribution in [2.45, 2.75) is 26.8 Å². The Morgan fingerprint density at radius 2 is 1.79 bits per heavy atom. The summed E-state index contributed by atoms with van der Waals surface area (Å²) in [6, 6.07) is 6.84. The Hall–Kier alpha value is -2.63. The second-order valence-corrected chi connectivity index (χ2v) is 5.72. The van der Waals surface area contributed by atoms with Crippen molar-refractivity contribution in [1.82, 2.24) is 10.2 Å². The summed E-state index contributed by atoms with van der Waals surface area (Å²) < 4.78 is 0. The summed E-state index contributed by atoms with van der Waals surface area (Å²) in [4.78, 5) is 38.4. The molecule has 1 N–H and O–H groups in total. The van der Waals surface area contributed by atoms with E-state index >= 15 is 0 Å². The van der Waals surface area contributed by atoms with Crippen LogP contribution in [0.3, 0.4) is 0 Å². The Bertz CT molecular complexity index is 608. The van der Waals surface area contributed by atoms with Crippen LogP contribution in [0.1, 0.15) is 31.1 Å². The molecule has 0 aliphatic heterocycles. The van der Waals surface area contributed by atoms with E-state index in [0.717, 1.165) is 0 Å². The van der Waals surface area contributed by atoms with Crippen molar-refractivity contribution in [3.63, 3.8) is 0 Å². The smallest absolute Gasteiger partial charge is 0.254 e. The van der Waals surface area contributed by atoms with Crippen molar-refractivity contribution < 1.29 is 14.4 Å². The van der Waals surface area contributed by atoms with Gasteiger partial charge in [-0.25, -0.2) is 0 Å². The zero-order valence-corrected chi connectivity index (χ0v) is 14.7. The van der Waals surface area contributed by atoms with Crippen LogP contribution in [0.25, 0.3) is 0 Å². The number of anilines is 1. The fourth-order valence-electron chi connectivity index (χ4n) is 2.20. The lowest BCUT2D eigenvalue weighted by atomic mass is 10.1. The Morgan fingerprint density at radius 3 is 2.25 bits per heavy atom. The first-order valence-corrected chi connectivity index (χ1v) is 7.83. The highest BCUT2D eigenvalue weighted by Crippen LogP contribution is 2.16. The van der Waals surface area contributed by atoms with Gasteiger partial charge in [-0.1, -0.05) is 6.58 Å². The van der Waals surface area contributed by atoms with Gasteiger partial charge in [0.1, 0.15) is 0 Å². The van der Waals surface area contributed by atoms with Gasteiger partial charge in [0.05, 0.1) is 0 Å². The minimum absolute atomic E-state index is 0.0101. The first kappa shape index (κ1) is 19.4. The Kier molecular flexibility index (Phi) is 7.17. The largest absolute Gasteiger partial charge is 0.355 e. The average Bonchev–Trinajstić information content (AvgIpc) is 2.56. The summed E-state index contributed by atoms with van der Waals surface area (Å²) >= 11 is 0. The number of likely N-dealkylation sites (N-methyl/N-ethyl adjacent to an activating group) is 1. The number of hydrogen-bond acceptors (Lipinski definition) is 3. The number of rotatable bonds is 7. The van der Waals surface area contributed by atoms with E-state index in [9.17, 15) is 14.4 Å². The molecule has 0 spiro atoms. The van der Waals surface area contributed by atoms with Crippen molar-refractivity contribution in [2.24, 2.45) is 0 Å². The number of hydrogen-bond donors (Lipinski definition) is 1. The number of nitrogens with one attached hydrogen (secondary N) is 1. The Morgan fingerprint density at radius 1 is 1.21 bits per heavy atom. The van der Waals surface area contributed by atoms with Gasteiger partial charge in [-0.3, -0.25) is 14.4 Å². The van der Waals surface area contributed by atoms with E-state index in [4.69, 9.17) is 0 Å². The van der Waals surface area contributed by atoms with Crippen molar-refractivity contribution >= 4 is 23.4 Å². The van der Waals surface area contributed by atoms with Crippen molar-refractivity contribution in [3.05, 3.63) is 42.5 Å². The van der Waals surface area contributed by atoms with E-state index in [1.165, 1.54) is 17.9 Å². The van der Waals surface area contributed by atoms with Crippen LogP contribution in [-0.2, 0) is 9.59 Å². The van der Waals surface area contributed by atoms with E-state index in [0.29, 0.717) is 24.3 Å². The highest BCUT2D eigenvalue weighted by atomic mass is 16.2. The molecule has 0 aliphatic rings. The van der Waals surface area contributed by atoms with Crippen LogP contribution in [-0.4, -0.2) is 48.8 Å². The van der Waals surface area contributed by atoms with Gasteiger partial charge in [0, 0.05) is 44.4 Å². The topological polar surface area (TPSA) is 69.7 Å². The van der Waals surface area contributed by atoms with Crippen LogP contribution in [0.15, 0.2) is 36.9 Å². The van der Waals surface area contributed by atoms with Crippen LogP contribution in [0, 0.1) is 0 Å². The van der Waals surface area contributed by atoms with Gasteiger partial charge in [0.15, 0.2) is 0 Å². The summed E-state index contributed by atoms with van der Waals surface area (Å²) in [7, 11) is 1.65. The van der Waals surface area contributed by atoms with Gasteiger partial charge in [0.2, 0.25) is 11.8 Å². The lowest BCUT2D eigenvalue weighted by Gasteiger charge is -2.27. The molecule has 0 bridgehead atoms. The van der Waals surface area contributed by atoms with Crippen LogP contribution in [0.4, 0.5) is 5.69 Å². The fourth-order valence-corrected chi connectivity index (χ4v) is 2.20. The lowest BCUT2D eigenvalue weighted by Crippen LogP contribution is -2.42. The Labute approximate surface area is 143 Å². The van der Waals surface area contributed by atoms with E-state index in [1.54, 1.807) is 36.2 Å². The summed E-state index contributed by atoms with van der Waals surface area (Å²) in [5, 5.41) is 2.69. The molecule has 0 atom stereocenters. The number of amides is 3. The summed E-state index contributed by atoms with van der Waals surface area (Å²) in [6.45, 7) is 9.60. The molecule has 6 nitrogen and oxygen atoms in total. The molecule has 0 fully saturated rings. The first-order valence-electron chi connectivity index (χ1n) is 7.83. The van der Waals surface area contributed by atoms with Gasteiger partial charge in [-0.05, 0) is 44.2 Å². The monoisotopic (exact) mass is 331 g/mol. The van der Waals surface area contributed by atoms with Crippen LogP contribution >= 0.6 is 0 Å².